The van der Waals surface area contributed by atoms with E-state index in [1.54, 1.807) is 56.7 Å². The third-order valence-corrected chi connectivity index (χ3v) is 6.55. The predicted molar refractivity (Wildman–Crippen MR) is 125 cm³/mol. The van der Waals surface area contributed by atoms with Crippen LogP contribution in [0.15, 0.2) is 42.5 Å². The van der Waals surface area contributed by atoms with Gasteiger partial charge in [-0.2, -0.15) is 0 Å². The quantitative estimate of drug-likeness (QED) is 0.520. The fourth-order valence-electron chi connectivity index (χ4n) is 3.64. The lowest BCUT2D eigenvalue weighted by Gasteiger charge is -2.20. The molecule has 1 unspecified atom stereocenters. The molecule has 32 heavy (non-hydrogen) atoms. The number of methoxy groups -OCH3 is 2. The molecule has 4 rings (SSSR count). The number of aromatic nitrogens is 1. The van der Waals surface area contributed by atoms with Crippen LogP contribution in [0.3, 0.4) is 0 Å². The molecule has 2 amide bonds. The first kappa shape index (κ1) is 22.1. The summed E-state index contributed by atoms with van der Waals surface area (Å²) < 4.78 is 10.6. The second-order valence-electron chi connectivity index (χ2n) is 7.29. The minimum atomic E-state index is -0.385. The number of hydrogen-bond acceptors (Lipinski definition) is 6. The number of anilines is 2. The molecule has 0 fully saturated rings. The first-order valence-electron chi connectivity index (χ1n) is 10.1. The van der Waals surface area contributed by atoms with Crippen LogP contribution in [0.1, 0.15) is 39.7 Å². The van der Waals surface area contributed by atoms with E-state index in [4.69, 9.17) is 21.1 Å². The lowest BCUT2D eigenvalue weighted by atomic mass is 9.90. The van der Waals surface area contributed by atoms with E-state index >= 15 is 0 Å². The fourth-order valence-corrected chi connectivity index (χ4v) is 4.83. The van der Waals surface area contributed by atoms with Gasteiger partial charge in [0.1, 0.15) is 0 Å². The fraction of sp³-hybridized carbons (Fsp3) is 0.261. The summed E-state index contributed by atoms with van der Waals surface area (Å²) in [6.07, 6.45) is 2.41. The van der Waals surface area contributed by atoms with E-state index in [9.17, 15) is 9.59 Å². The van der Waals surface area contributed by atoms with Gasteiger partial charge in [-0.15, -0.1) is 11.3 Å². The largest absolute Gasteiger partial charge is 0.493 e. The van der Waals surface area contributed by atoms with Gasteiger partial charge < -0.3 is 14.8 Å². The Morgan fingerprint density at radius 2 is 1.81 bits per heavy atom. The van der Waals surface area contributed by atoms with E-state index in [-0.39, 0.29) is 17.7 Å². The lowest BCUT2D eigenvalue weighted by Crippen LogP contribution is -2.24. The Bertz CT molecular complexity index is 1150. The van der Waals surface area contributed by atoms with E-state index in [1.807, 2.05) is 0 Å². The zero-order valence-electron chi connectivity index (χ0n) is 17.6. The van der Waals surface area contributed by atoms with Crippen LogP contribution in [0.4, 0.5) is 10.8 Å². The highest BCUT2D eigenvalue weighted by Crippen LogP contribution is 2.38. The third-order valence-electron chi connectivity index (χ3n) is 5.25. The Morgan fingerprint density at radius 3 is 2.53 bits per heavy atom. The van der Waals surface area contributed by atoms with Gasteiger partial charge in [0, 0.05) is 27.2 Å². The van der Waals surface area contributed by atoms with Crippen LogP contribution in [0.5, 0.6) is 11.5 Å². The van der Waals surface area contributed by atoms with Crippen molar-refractivity contribution in [2.24, 2.45) is 0 Å². The number of rotatable bonds is 6. The van der Waals surface area contributed by atoms with Gasteiger partial charge in [0.15, 0.2) is 16.6 Å². The number of nitrogens with zero attached hydrogens (tertiary/aromatic N) is 1. The van der Waals surface area contributed by atoms with E-state index in [0.717, 1.165) is 23.4 Å². The summed E-state index contributed by atoms with van der Waals surface area (Å²) >= 11 is 7.30. The Kier molecular flexibility index (Phi) is 6.62. The van der Waals surface area contributed by atoms with Gasteiger partial charge in [0.2, 0.25) is 5.91 Å². The highest BCUT2D eigenvalue weighted by atomic mass is 35.5. The maximum atomic E-state index is 13.1. The van der Waals surface area contributed by atoms with Crippen molar-refractivity contribution in [3.8, 4) is 11.5 Å². The van der Waals surface area contributed by atoms with Crippen molar-refractivity contribution >= 4 is 45.6 Å². The van der Waals surface area contributed by atoms with Gasteiger partial charge in [-0.05, 0) is 55.7 Å². The Balaban J connectivity index is 1.50. The molecule has 0 saturated carbocycles. The number of amides is 2. The van der Waals surface area contributed by atoms with Crippen molar-refractivity contribution in [3.63, 3.8) is 0 Å². The molecule has 0 spiro atoms. The first-order chi connectivity index (χ1) is 15.5. The Hall–Kier alpha value is -3.10. The van der Waals surface area contributed by atoms with Gasteiger partial charge in [-0.1, -0.05) is 11.6 Å². The minimum Gasteiger partial charge on any atom is -0.493 e. The number of nitrogens with one attached hydrogen (secondary N) is 2. The van der Waals surface area contributed by atoms with Crippen molar-refractivity contribution < 1.29 is 19.1 Å². The number of benzene rings is 2. The monoisotopic (exact) mass is 471 g/mol. The molecule has 0 radical (unpaired) electrons. The molecule has 0 bridgehead atoms. The second kappa shape index (κ2) is 9.58. The summed E-state index contributed by atoms with van der Waals surface area (Å²) in [4.78, 5) is 31.2. The van der Waals surface area contributed by atoms with Crippen LogP contribution in [-0.4, -0.2) is 31.0 Å². The van der Waals surface area contributed by atoms with Crippen LogP contribution >= 0.6 is 22.9 Å². The van der Waals surface area contributed by atoms with E-state index in [2.05, 4.69) is 15.6 Å². The normalized spacial score (nSPS) is 14.9. The molecule has 1 aromatic heterocycles. The van der Waals surface area contributed by atoms with Crippen LogP contribution in [0.2, 0.25) is 5.02 Å². The van der Waals surface area contributed by atoms with Gasteiger partial charge in [-0.25, -0.2) is 4.98 Å². The van der Waals surface area contributed by atoms with Crippen molar-refractivity contribution in [1.29, 1.82) is 0 Å². The molecule has 0 aliphatic heterocycles. The number of fused-ring (bicyclic) bond motifs is 1. The predicted octanol–water partition coefficient (Wildman–Crippen LogP) is 5.12. The van der Waals surface area contributed by atoms with E-state index in [1.165, 1.54) is 11.3 Å². The third kappa shape index (κ3) is 4.71. The molecule has 1 aliphatic carbocycles. The standard InChI is InChI=1S/C23H22ClN3O4S/c1-30-17-11-10-15(12-18(17)31-2)25-22(29)16-4-3-5-19-20(16)26-23(32-19)27-21(28)13-6-8-14(24)9-7-13/h6-12,16H,3-5H2,1-2H3,(H,25,29)(H,26,27,28). The summed E-state index contributed by atoms with van der Waals surface area (Å²) in [5.74, 6) is 0.337. The van der Waals surface area contributed by atoms with Gasteiger partial charge >= 0.3 is 0 Å². The zero-order chi connectivity index (χ0) is 22.7. The van der Waals surface area contributed by atoms with Crippen molar-refractivity contribution in [2.75, 3.05) is 24.9 Å². The molecule has 2 aromatic carbocycles. The van der Waals surface area contributed by atoms with Crippen molar-refractivity contribution in [1.82, 2.24) is 4.98 Å². The van der Waals surface area contributed by atoms with Crippen LogP contribution in [0, 0.1) is 0 Å². The topological polar surface area (TPSA) is 89.6 Å². The summed E-state index contributed by atoms with van der Waals surface area (Å²) in [6, 6.07) is 11.9. The number of hydrogen-bond donors (Lipinski definition) is 2. The van der Waals surface area contributed by atoms with Crippen LogP contribution in [0.25, 0.3) is 0 Å². The van der Waals surface area contributed by atoms with E-state index in [0.29, 0.717) is 39.3 Å². The van der Waals surface area contributed by atoms with Gasteiger partial charge in [0.25, 0.3) is 5.91 Å². The highest BCUT2D eigenvalue weighted by molar-refractivity contribution is 7.16. The van der Waals surface area contributed by atoms with Crippen LogP contribution in [-0.2, 0) is 11.2 Å². The molecule has 166 valence electrons. The van der Waals surface area contributed by atoms with Crippen molar-refractivity contribution in [3.05, 3.63) is 63.6 Å². The molecule has 1 aliphatic rings. The molecule has 2 N–H and O–H groups in total. The summed E-state index contributed by atoms with van der Waals surface area (Å²) in [6.45, 7) is 0. The minimum absolute atomic E-state index is 0.140. The average Bonchev–Trinajstić information content (AvgIpc) is 3.21. The molecule has 1 heterocycles. The smallest absolute Gasteiger partial charge is 0.257 e. The maximum Gasteiger partial charge on any atom is 0.257 e. The van der Waals surface area contributed by atoms with E-state index < -0.39 is 0 Å². The van der Waals surface area contributed by atoms with Gasteiger partial charge in [0.05, 0.1) is 25.8 Å². The lowest BCUT2D eigenvalue weighted by molar-refractivity contribution is -0.117. The van der Waals surface area contributed by atoms with Crippen LogP contribution < -0.4 is 20.1 Å². The number of aryl methyl sites for hydroxylation is 1. The number of ether oxygens (including phenoxy) is 2. The Labute approximate surface area is 194 Å². The van der Waals surface area contributed by atoms with Crippen molar-refractivity contribution in [2.45, 2.75) is 25.2 Å². The molecular weight excluding hydrogens is 450 g/mol. The summed E-state index contributed by atoms with van der Waals surface area (Å²) in [5.41, 5.74) is 1.84. The summed E-state index contributed by atoms with van der Waals surface area (Å²) in [7, 11) is 3.11. The first-order valence-corrected chi connectivity index (χ1v) is 11.3. The summed E-state index contributed by atoms with van der Waals surface area (Å²) in [5, 5.41) is 6.84. The van der Waals surface area contributed by atoms with Gasteiger partial charge in [-0.3, -0.25) is 14.9 Å². The average molecular weight is 472 g/mol. The SMILES string of the molecule is COc1ccc(NC(=O)C2CCCc3sc(NC(=O)c4ccc(Cl)cc4)nc32)cc1OC. The number of thiazole rings is 1. The molecular formula is C23H22ClN3O4S. The zero-order valence-corrected chi connectivity index (χ0v) is 19.2. The molecule has 1 atom stereocenters. The Morgan fingerprint density at radius 1 is 1.06 bits per heavy atom. The molecule has 9 heteroatoms. The molecule has 3 aromatic rings. The number of carbonyl (C=O) groups excluding carboxylic acids is 2. The highest BCUT2D eigenvalue weighted by Gasteiger charge is 2.31. The maximum absolute atomic E-state index is 13.1. The second-order valence-corrected chi connectivity index (χ2v) is 8.81. The number of carbonyl (C=O) groups is 2. The number of halogens is 1. The molecule has 0 saturated heterocycles. The molecule has 7 nitrogen and oxygen atoms in total.